The molecule has 2 heterocycles. The number of likely N-dealkylation sites (N-methyl/N-ethyl adjacent to an activating group) is 1. The number of para-hydroxylation sites is 1. The van der Waals surface area contributed by atoms with Gasteiger partial charge in [0.05, 0.1) is 0 Å². The highest BCUT2D eigenvalue weighted by molar-refractivity contribution is 5.81. The summed E-state index contributed by atoms with van der Waals surface area (Å²) in [6, 6.07) is 11.7. The van der Waals surface area contributed by atoms with Crippen molar-refractivity contribution in [1.82, 2.24) is 9.47 Å². The molecule has 1 aromatic heterocycles. The number of rotatable bonds is 2. The number of fused-ring (bicyclic) bond motifs is 1. The van der Waals surface area contributed by atoms with Gasteiger partial charge in [-0.05, 0) is 50.9 Å². The van der Waals surface area contributed by atoms with Crippen molar-refractivity contribution in [3.63, 3.8) is 0 Å². The van der Waals surface area contributed by atoms with Crippen LogP contribution in [0.2, 0.25) is 0 Å². The standard InChI is InChI=1S/C15H20N2/c1-12-10-13-6-3-4-8-15(13)17(12)11-14-7-5-9-16(14)2/h3-4,6,8,10,14H,5,7,9,11H2,1-2H3. The van der Waals surface area contributed by atoms with Crippen LogP contribution in [0.15, 0.2) is 30.3 Å². The third-order valence-corrected chi connectivity index (χ3v) is 4.08. The number of hydrogen-bond donors (Lipinski definition) is 0. The first-order valence-corrected chi connectivity index (χ1v) is 6.51. The normalized spacial score (nSPS) is 21.4. The minimum absolute atomic E-state index is 0.713. The van der Waals surface area contributed by atoms with Crippen LogP contribution in [0, 0.1) is 6.92 Å². The van der Waals surface area contributed by atoms with E-state index >= 15 is 0 Å². The lowest BCUT2D eigenvalue weighted by Gasteiger charge is -2.21. The van der Waals surface area contributed by atoms with Crippen LogP contribution in [0.5, 0.6) is 0 Å². The minimum atomic E-state index is 0.713. The van der Waals surface area contributed by atoms with Crippen molar-refractivity contribution in [3.05, 3.63) is 36.0 Å². The van der Waals surface area contributed by atoms with E-state index in [0.717, 1.165) is 6.54 Å². The summed E-state index contributed by atoms with van der Waals surface area (Å²) in [4.78, 5) is 2.49. The zero-order chi connectivity index (χ0) is 11.8. The zero-order valence-corrected chi connectivity index (χ0v) is 10.7. The lowest BCUT2D eigenvalue weighted by molar-refractivity contribution is 0.283. The van der Waals surface area contributed by atoms with Gasteiger partial charge in [0.1, 0.15) is 0 Å². The molecule has 1 fully saturated rings. The van der Waals surface area contributed by atoms with E-state index in [4.69, 9.17) is 0 Å². The summed E-state index contributed by atoms with van der Waals surface area (Å²) in [5.41, 5.74) is 2.76. The third kappa shape index (κ3) is 1.87. The summed E-state index contributed by atoms with van der Waals surface area (Å²) in [5.74, 6) is 0. The summed E-state index contributed by atoms with van der Waals surface area (Å²) in [6.07, 6.45) is 2.68. The summed E-state index contributed by atoms with van der Waals surface area (Å²) < 4.78 is 2.47. The molecule has 1 saturated heterocycles. The first-order valence-electron chi connectivity index (χ1n) is 6.51. The molecule has 90 valence electrons. The van der Waals surface area contributed by atoms with Crippen LogP contribution >= 0.6 is 0 Å². The molecule has 2 aromatic rings. The number of benzene rings is 1. The second-order valence-electron chi connectivity index (χ2n) is 5.23. The molecule has 3 rings (SSSR count). The molecule has 0 aliphatic carbocycles. The van der Waals surface area contributed by atoms with Gasteiger partial charge in [0, 0.05) is 23.8 Å². The van der Waals surface area contributed by atoms with Crippen LogP contribution in [-0.2, 0) is 6.54 Å². The van der Waals surface area contributed by atoms with E-state index in [1.165, 1.54) is 36.0 Å². The van der Waals surface area contributed by atoms with Crippen molar-refractivity contribution in [1.29, 1.82) is 0 Å². The minimum Gasteiger partial charge on any atom is -0.343 e. The van der Waals surface area contributed by atoms with Crippen LogP contribution in [0.25, 0.3) is 10.9 Å². The molecule has 0 N–H and O–H groups in total. The van der Waals surface area contributed by atoms with E-state index < -0.39 is 0 Å². The fourth-order valence-electron chi connectivity index (χ4n) is 3.01. The molecule has 1 unspecified atom stereocenters. The Balaban J connectivity index is 1.96. The molecule has 0 bridgehead atoms. The van der Waals surface area contributed by atoms with Crippen LogP contribution < -0.4 is 0 Å². The Morgan fingerprint density at radius 3 is 2.88 bits per heavy atom. The summed E-state index contributed by atoms with van der Waals surface area (Å²) >= 11 is 0. The van der Waals surface area contributed by atoms with Gasteiger partial charge >= 0.3 is 0 Å². The molecule has 2 nitrogen and oxygen atoms in total. The number of hydrogen-bond acceptors (Lipinski definition) is 1. The average Bonchev–Trinajstić information content (AvgIpc) is 2.85. The number of nitrogens with zero attached hydrogens (tertiary/aromatic N) is 2. The Hall–Kier alpha value is -1.28. The van der Waals surface area contributed by atoms with E-state index in [1.54, 1.807) is 0 Å². The van der Waals surface area contributed by atoms with Gasteiger partial charge in [-0.15, -0.1) is 0 Å². The largest absolute Gasteiger partial charge is 0.343 e. The first-order chi connectivity index (χ1) is 8.25. The van der Waals surface area contributed by atoms with Gasteiger partial charge in [0.2, 0.25) is 0 Å². The molecular formula is C15H20N2. The van der Waals surface area contributed by atoms with E-state index in [0.29, 0.717) is 6.04 Å². The molecule has 2 heteroatoms. The van der Waals surface area contributed by atoms with Gasteiger partial charge in [-0.3, -0.25) is 0 Å². The van der Waals surface area contributed by atoms with Crippen molar-refractivity contribution in [2.45, 2.75) is 32.4 Å². The van der Waals surface area contributed by atoms with E-state index in [1.807, 2.05) is 0 Å². The highest BCUT2D eigenvalue weighted by atomic mass is 15.2. The lowest BCUT2D eigenvalue weighted by Crippen LogP contribution is -2.29. The van der Waals surface area contributed by atoms with Gasteiger partial charge < -0.3 is 9.47 Å². The van der Waals surface area contributed by atoms with Crippen LogP contribution in [0.3, 0.4) is 0 Å². The number of aryl methyl sites for hydroxylation is 1. The molecule has 0 radical (unpaired) electrons. The van der Waals surface area contributed by atoms with Crippen molar-refractivity contribution >= 4 is 10.9 Å². The Morgan fingerprint density at radius 2 is 2.12 bits per heavy atom. The molecule has 0 saturated carbocycles. The highest BCUT2D eigenvalue weighted by Gasteiger charge is 2.22. The van der Waals surface area contributed by atoms with Gasteiger partial charge in [0.25, 0.3) is 0 Å². The van der Waals surface area contributed by atoms with E-state index in [2.05, 4.69) is 53.8 Å². The summed E-state index contributed by atoms with van der Waals surface area (Å²) in [5, 5.41) is 1.37. The maximum atomic E-state index is 2.49. The van der Waals surface area contributed by atoms with Crippen molar-refractivity contribution < 1.29 is 0 Å². The topological polar surface area (TPSA) is 8.17 Å². The molecule has 17 heavy (non-hydrogen) atoms. The fraction of sp³-hybridized carbons (Fsp3) is 0.467. The van der Waals surface area contributed by atoms with Gasteiger partial charge in [-0.1, -0.05) is 18.2 Å². The average molecular weight is 228 g/mol. The van der Waals surface area contributed by atoms with Gasteiger partial charge in [-0.2, -0.15) is 0 Å². The molecule has 1 aliphatic rings. The van der Waals surface area contributed by atoms with Crippen molar-refractivity contribution in [3.8, 4) is 0 Å². The maximum absolute atomic E-state index is 2.49. The SMILES string of the molecule is Cc1cc2ccccc2n1CC1CCCN1C. The molecule has 0 spiro atoms. The first kappa shape index (κ1) is 10.8. The quantitative estimate of drug-likeness (QED) is 0.767. The van der Waals surface area contributed by atoms with E-state index in [9.17, 15) is 0 Å². The summed E-state index contributed by atoms with van der Waals surface area (Å²) in [7, 11) is 2.25. The van der Waals surface area contributed by atoms with Crippen molar-refractivity contribution in [2.24, 2.45) is 0 Å². The van der Waals surface area contributed by atoms with E-state index in [-0.39, 0.29) is 0 Å². The monoisotopic (exact) mass is 228 g/mol. The molecule has 1 aromatic carbocycles. The predicted octanol–water partition coefficient (Wildman–Crippen LogP) is 3.04. The molecular weight excluding hydrogens is 208 g/mol. The zero-order valence-electron chi connectivity index (χ0n) is 10.7. The molecule has 0 amide bonds. The Bertz CT molecular complexity index is 527. The third-order valence-electron chi connectivity index (χ3n) is 4.08. The Morgan fingerprint density at radius 1 is 1.29 bits per heavy atom. The maximum Gasteiger partial charge on any atom is 0.0482 e. The summed E-state index contributed by atoms with van der Waals surface area (Å²) in [6.45, 7) is 4.60. The predicted molar refractivity (Wildman–Crippen MR) is 72.3 cm³/mol. The molecule has 1 aliphatic heterocycles. The Kier molecular flexibility index (Phi) is 2.67. The fourth-order valence-corrected chi connectivity index (χ4v) is 3.01. The van der Waals surface area contributed by atoms with Gasteiger partial charge in [-0.25, -0.2) is 0 Å². The van der Waals surface area contributed by atoms with Crippen LogP contribution in [0.4, 0.5) is 0 Å². The number of aromatic nitrogens is 1. The highest BCUT2D eigenvalue weighted by Crippen LogP contribution is 2.23. The van der Waals surface area contributed by atoms with Gasteiger partial charge in [0.15, 0.2) is 0 Å². The number of likely N-dealkylation sites (tertiary alicyclic amines) is 1. The smallest absolute Gasteiger partial charge is 0.0482 e. The van der Waals surface area contributed by atoms with Crippen LogP contribution in [0.1, 0.15) is 18.5 Å². The van der Waals surface area contributed by atoms with Crippen molar-refractivity contribution in [2.75, 3.05) is 13.6 Å². The van der Waals surface area contributed by atoms with Crippen LogP contribution in [-0.4, -0.2) is 29.1 Å². The Labute approximate surface area is 103 Å². The second-order valence-corrected chi connectivity index (χ2v) is 5.23. The molecule has 1 atom stereocenters. The second kappa shape index (κ2) is 4.19. The lowest BCUT2D eigenvalue weighted by atomic mass is 10.2.